The molecule has 0 radical (unpaired) electrons. The summed E-state index contributed by atoms with van der Waals surface area (Å²) >= 11 is 0. The van der Waals surface area contributed by atoms with Gasteiger partial charge in [0.1, 0.15) is 5.57 Å². The van der Waals surface area contributed by atoms with Gasteiger partial charge in [0.2, 0.25) is 0 Å². The summed E-state index contributed by atoms with van der Waals surface area (Å²) in [5, 5.41) is -3.62. The Balaban J connectivity index is 3.34. The molecule has 0 aliphatic rings. The van der Waals surface area contributed by atoms with Crippen LogP contribution in [0.5, 0.6) is 0 Å². The third kappa shape index (κ3) is 7.10. The smallest absolute Gasteiger partial charge is 0.466 e. The van der Waals surface area contributed by atoms with Crippen molar-refractivity contribution in [3.05, 3.63) is 48.0 Å². The molecule has 192 valence electrons. The van der Waals surface area contributed by atoms with Gasteiger partial charge in [-0.05, 0) is 5.56 Å². The number of hydrogen-bond acceptors (Lipinski definition) is 7. The van der Waals surface area contributed by atoms with Crippen LogP contribution in [-0.2, 0) is 35.7 Å². The first kappa shape index (κ1) is 29.2. The summed E-state index contributed by atoms with van der Waals surface area (Å²) in [5.74, 6) is -10.2. The molecule has 1 rings (SSSR count). The molecule has 0 aliphatic heterocycles. The predicted octanol–water partition coefficient (Wildman–Crippen LogP) is 2.77. The fourth-order valence-corrected chi connectivity index (χ4v) is 2.38. The molecular formula is C17H14F8NO7S-. The highest BCUT2D eigenvalue weighted by Gasteiger charge is 2.67. The zero-order valence-corrected chi connectivity index (χ0v) is 17.3. The quantitative estimate of drug-likeness (QED) is 0.163. The molecule has 0 spiro atoms. The van der Waals surface area contributed by atoms with Crippen molar-refractivity contribution in [2.45, 2.75) is 36.4 Å². The van der Waals surface area contributed by atoms with Crippen molar-refractivity contribution in [2.75, 3.05) is 6.61 Å². The van der Waals surface area contributed by atoms with Crippen LogP contribution < -0.4 is 5.32 Å². The van der Waals surface area contributed by atoms with Crippen LogP contribution in [0.4, 0.5) is 35.1 Å². The van der Waals surface area contributed by atoms with Crippen LogP contribution >= 0.6 is 0 Å². The fourth-order valence-electron chi connectivity index (χ4n) is 2.05. The molecular weight excluding hydrogens is 514 g/mol. The Morgan fingerprint density at radius 2 is 1.53 bits per heavy atom. The van der Waals surface area contributed by atoms with E-state index in [0.29, 0.717) is 0 Å². The number of carbonyl (C=O) groups is 2. The van der Waals surface area contributed by atoms with E-state index >= 15 is 0 Å². The van der Waals surface area contributed by atoms with E-state index in [9.17, 15) is 57.7 Å². The number of esters is 1. The van der Waals surface area contributed by atoms with Crippen LogP contribution in [0.25, 0.3) is 0 Å². The number of rotatable bonds is 10. The van der Waals surface area contributed by atoms with Crippen molar-refractivity contribution in [3.63, 3.8) is 0 Å². The lowest BCUT2D eigenvalue weighted by Gasteiger charge is -2.34. The Kier molecular flexibility index (Phi) is 8.79. The number of amides is 1. The first-order valence-electron chi connectivity index (χ1n) is 8.60. The van der Waals surface area contributed by atoms with E-state index in [1.807, 2.05) is 0 Å². The Hall–Kier alpha value is -2.79. The largest absolute Gasteiger partial charge is 0.743 e. The Labute approximate surface area is 186 Å². The topological polar surface area (TPSA) is 122 Å². The number of hydrogen-bond donors (Lipinski definition) is 1. The SMILES string of the molecule is C=C(C(=O)OC(OCCC(F)(F)S(=O)(=O)[O-])(C(=O)NCc1ccccc1)C(F)(F)F)C(F)(F)F. The summed E-state index contributed by atoms with van der Waals surface area (Å²) in [6.45, 7) is -0.587. The zero-order chi connectivity index (χ0) is 26.6. The number of ether oxygens (including phenoxy) is 2. The Morgan fingerprint density at radius 1 is 1.00 bits per heavy atom. The van der Waals surface area contributed by atoms with E-state index in [1.165, 1.54) is 30.3 Å². The summed E-state index contributed by atoms with van der Waals surface area (Å²) in [6.07, 6.45) is -14.1. The molecule has 1 unspecified atom stereocenters. The van der Waals surface area contributed by atoms with Crippen LogP contribution in [0.1, 0.15) is 12.0 Å². The van der Waals surface area contributed by atoms with Gasteiger partial charge < -0.3 is 19.3 Å². The molecule has 1 N–H and O–H groups in total. The molecule has 0 fully saturated rings. The van der Waals surface area contributed by atoms with E-state index in [2.05, 4.69) is 16.1 Å². The summed E-state index contributed by atoms with van der Waals surface area (Å²) < 4.78 is 145. The number of halogens is 8. The minimum atomic E-state index is -6.39. The average Bonchev–Trinajstić information content (AvgIpc) is 2.68. The lowest BCUT2D eigenvalue weighted by atomic mass is 10.2. The summed E-state index contributed by atoms with van der Waals surface area (Å²) in [6, 6.07) is 6.88. The first-order valence-corrected chi connectivity index (χ1v) is 10.0. The van der Waals surface area contributed by atoms with E-state index < -0.39 is 70.5 Å². The van der Waals surface area contributed by atoms with Crippen LogP contribution in [0.2, 0.25) is 0 Å². The van der Waals surface area contributed by atoms with Crippen molar-refractivity contribution < 1.29 is 67.2 Å². The van der Waals surface area contributed by atoms with Gasteiger partial charge in [0, 0.05) is 13.0 Å². The first-order chi connectivity index (χ1) is 15.2. The molecule has 0 heterocycles. The molecule has 34 heavy (non-hydrogen) atoms. The van der Waals surface area contributed by atoms with Crippen molar-refractivity contribution in [1.29, 1.82) is 0 Å². The minimum Gasteiger partial charge on any atom is -0.743 e. The van der Waals surface area contributed by atoms with E-state index in [1.54, 1.807) is 5.32 Å². The molecule has 0 saturated heterocycles. The third-order valence-corrected chi connectivity index (χ3v) is 4.79. The average molecular weight is 528 g/mol. The molecule has 1 atom stereocenters. The normalized spacial score (nSPS) is 14.7. The maximum absolute atomic E-state index is 13.8. The predicted molar refractivity (Wildman–Crippen MR) is 93.6 cm³/mol. The van der Waals surface area contributed by atoms with Gasteiger partial charge in [-0.25, -0.2) is 13.2 Å². The van der Waals surface area contributed by atoms with Gasteiger partial charge in [-0.15, -0.1) is 0 Å². The second kappa shape index (κ2) is 10.2. The number of alkyl halides is 8. The van der Waals surface area contributed by atoms with Crippen LogP contribution in [-0.4, -0.2) is 54.8 Å². The van der Waals surface area contributed by atoms with Crippen LogP contribution in [0.3, 0.4) is 0 Å². The lowest BCUT2D eigenvalue weighted by Crippen LogP contribution is -2.62. The lowest BCUT2D eigenvalue weighted by molar-refractivity contribution is -0.348. The van der Waals surface area contributed by atoms with Gasteiger partial charge in [-0.2, -0.15) is 35.1 Å². The van der Waals surface area contributed by atoms with Gasteiger partial charge in [-0.3, -0.25) is 4.79 Å². The summed E-state index contributed by atoms with van der Waals surface area (Å²) in [7, 11) is -6.39. The highest BCUT2D eigenvalue weighted by Crippen LogP contribution is 2.38. The highest BCUT2D eigenvalue weighted by atomic mass is 32.2. The minimum absolute atomic E-state index is 0.155. The van der Waals surface area contributed by atoms with E-state index in [0.717, 1.165) is 0 Å². The van der Waals surface area contributed by atoms with Gasteiger partial charge in [-0.1, -0.05) is 36.9 Å². The van der Waals surface area contributed by atoms with Gasteiger partial charge in [0.05, 0.1) is 6.61 Å². The zero-order valence-electron chi connectivity index (χ0n) is 16.5. The van der Waals surface area contributed by atoms with E-state index in [4.69, 9.17) is 0 Å². The maximum Gasteiger partial charge on any atom is 0.466 e. The monoisotopic (exact) mass is 528 g/mol. The van der Waals surface area contributed by atoms with E-state index in [-0.39, 0.29) is 5.56 Å². The molecule has 8 nitrogen and oxygen atoms in total. The Morgan fingerprint density at radius 3 is 1.97 bits per heavy atom. The van der Waals surface area contributed by atoms with Crippen molar-refractivity contribution in [3.8, 4) is 0 Å². The molecule has 0 bridgehead atoms. The Bertz CT molecular complexity index is 1010. The molecule has 0 aliphatic carbocycles. The number of nitrogens with one attached hydrogen (secondary N) is 1. The third-order valence-electron chi connectivity index (χ3n) is 3.86. The second-order valence-corrected chi connectivity index (χ2v) is 7.84. The molecule has 0 aromatic heterocycles. The van der Waals surface area contributed by atoms with Crippen LogP contribution in [0, 0.1) is 0 Å². The standard InChI is InChI=1S/C17H15F8NO7S/c1-10(16(20,21)22)12(27)33-15(17(23,24)25,32-8-7-14(18,19)34(29,30)31)13(28)26-9-11-5-3-2-4-6-11/h2-6H,1,7-9H2,(H,26,28)(H,29,30,31)/p-1. The maximum atomic E-state index is 13.8. The van der Waals surface area contributed by atoms with Gasteiger partial charge in [0.15, 0.2) is 10.1 Å². The number of carbonyl (C=O) groups excluding carboxylic acids is 2. The molecule has 0 saturated carbocycles. The summed E-state index contributed by atoms with van der Waals surface area (Å²) in [4.78, 5) is 24.0. The number of benzene rings is 1. The second-order valence-electron chi connectivity index (χ2n) is 6.34. The highest BCUT2D eigenvalue weighted by molar-refractivity contribution is 7.86. The van der Waals surface area contributed by atoms with Gasteiger partial charge >= 0.3 is 35.3 Å². The molecule has 1 aromatic rings. The molecule has 1 aromatic carbocycles. The molecule has 17 heteroatoms. The van der Waals surface area contributed by atoms with Crippen LogP contribution in [0.15, 0.2) is 42.5 Å². The molecule has 1 amide bonds. The summed E-state index contributed by atoms with van der Waals surface area (Å²) in [5.41, 5.74) is -2.35. The fraction of sp³-hybridized carbons (Fsp3) is 0.412. The van der Waals surface area contributed by atoms with Crippen molar-refractivity contribution >= 4 is 22.0 Å². The van der Waals surface area contributed by atoms with Crippen molar-refractivity contribution in [2.24, 2.45) is 0 Å². The van der Waals surface area contributed by atoms with Crippen molar-refractivity contribution in [1.82, 2.24) is 5.32 Å². The van der Waals surface area contributed by atoms with Gasteiger partial charge in [0.25, 0.3) is 0 Å².